The zero-order chi connectivity index (χ0) is 21.0. The van der Waals surface area contributed by atoms with Crippen molar-refractivity contribution in [3.63, 3.8) is 0 Å². The highest BCUT2D eigenvalue weighted by Gasteiger charge is 2.30. The van der Waals surface area contributed by atoms with Gasteiger partial charge in [-0.1, -0.05) is 18.7 Å². The average Bonchev–Trinajstić information content (AvgIpc) is 3.13. The first-order valence-corrected chi connectivity index (χ1v) is 8.46. The number of imidazole rings is 1. The highest BCUT2D eigenvalue weighted by Crippen LogP contribution is 2.29. The number of benzene rings is 1. The Morgan fingerprint density at radius 1 is 1.31 bits per heavy atom. The van der Waals surface area contributed by atoms with Crippen molar-refractivity contribution in [1.29, 1.82) is 0 Å². The molecule has 1 amide bonds. The molecule has 9 heteroatoms. The third-order valence-electron chi connectivity index (χ3n) is 4.05. The number of ether oxygens (including phenoxy) is 1. The van der Waals surface area contributed by atoms with E-state index >= 15 is 0 Å². The summed E-state index contributed by atoms with van der Waals surface area (Å²) < 4.78 is 45.2. The van der Waals surface area contributed by atoms with Crippen molar-refractivity contribution in [2.75, 3.05) is 12.4 Å². The van der Waals surface area contributed by atoms with Crippen LogP contribution in [-0.4, -0.2) is 27.6 Å². The number of nitrogens with zero attached hydrogens (tertiary/aromatic N) is 3. The molecule has 0 atom stereocenters. The normalized spacial score (nSPS) is 11.2. The Hall–Kier alpha value is -3.62. The Bertz CT molecular complexity index is 1040. The average molecular weight is 402 g/mol. The van der Waals surface area contributed by atoms with E-state index < -0.39 is 17.6 Å². The second-order valence-corrected chi connectivity index (χ2v) is 6.10. The van der Waals surface area contributed by atoms with Crippen LogP contribution in [0.15, 0.2) is 55.6 Å². The van der Waals surface area contributed by atoms with Crippen LogP contribution < -0.4 is 10.1 Å². The van der Waals surface area contributed by atoms with Crippen molar-refractivity contribution in [3.8, 4) is 5.75 Å². The summed E-state index contributed by atoms with van der Waals surface area (Å²) in [5.74, 6) is 0.215. The van der Waals surface area contributed by atoms with E-state index in [1.165, 1.54) is 44.0 Å². The predicted octanol–water partition coefficient (Wildman–Crippen LogP) is 4.25. The van der Waals surface area contributed by atoms with Gasteiger partial charge in [-0.15, -0.1) is 0 Å². The smallest absolute Gasteiger partial charge is 0.416 e. The number of hydrogen-bond acceptors (Lipinski definition) is 4. The summed E-state index contributed by atoms with van der Waals surface area (Å²) in [6.07, 6.45) is 1.45. The number of hydrogen-bond donors (Lipinski definition) is 1. The molecule has 1 N–H and O–H groups in total. The first kappa shape index (κ1) is 20.1. The predicted molar refractivity (Wildman–Crippen MR) is 102 cm³/mol. The number of carbonyl (C=O) groups excluding carboxylic acids is 1. The van der Waals surface area contributed by atoms with Gasteiger partial charge in [-0.05, 0) is 29.8 Å². The SMILES string of the molecule is C=Cc1ncc(C(=O)Nc2cn(Cc3cccc(C(F)(F)F)c3)cn2)cc1OC. The number of halogens is 3. The Morgan fingerprint density at radius 2 is 2.10 bits per heavy atom. The number of alkyl halides is 3. The number of nitrogens with one attached hydrogen (secondary N) is 1. The lowest BCUT2D eigenvalue weighted by Gasteiger charge is -2.09. The highest BCUT2D eigenvalue weighted by molar-refractivity contribution is 6.03. The van der Waals surface area contributed by atoms with Crippen molar-refractivity contribution in [2.24, 2.45) is 0 Å². The van der Waals surface area contributed by atoms with Gasteiger partial charge in [-0.3, -0.25) is 9.78 Å². The Balaban J connectivity index is 1.71. The minimum Gasteiger partial charge on any atom is -0.494 e. The number of methoxy groups -OCH3 is 1. The zero-order valence-electron chi connectivity index (χ0n) is 15.4. The van der Waals surface area contributed by atoms with Crippen molar-refractivity contribution in [1.82, 2.24) is 14.5 Å². The highest BCUT2D eigenvalue weighted by atomic mass is 19.4. The summed E-state index contributed by atoms with van der Waals surface area (Å²) in [4.78, 5) is 20.6. The van der Waals surface area contributed by atoms with Crippen LogP contribution in [0.1, 0.15) is 27.2 Å². The first-order valence-electron chi connectivity index (χ1n) is 8.46. The molecule has 3 rings (SSSR count). The van der Waals surface area contributed by atoms with E-state index in [9.17, 15) is 18.0 Å². The number of pyridine rings is 1. The van der Waals surface area contributed by atoms with E-state index in [1.807, 2.05) is 0 Å². The molecule has 3 aromatic rings. The Kier molecular flexibility index (Phi) is 5.67. The van der Waals surface area contributed by atoms with Gasteiger partial charge in [-0.25, -0.2) is 4.98 Å². The fourth-order valence-electron chi connectivity index (χ4n) is 2.65. The monoisotopic (exact) mass is 402 g/mol. The molecule has 150 valence electrons. The number of anilines is 1. The molecule has 2 aromatic heterocycles. The van der Waals surface area contributed by atoms with Crippen molar-refractivity contribution < 1.29 is 22.7 Å². The van der Waals surface area contributed by atoms with Crippen molar-refractivity contribution >= 4 is 17.8 Å². The van der Waals surface area contributed by atoms with E-state index in [2.05, 4.69) is 21.9 Å². The van der Waals surface area contributed by atoms with E-state index in [-0.39, 0.29) is 17.9 Å². The molecule has 0 radical (unpaired) electrons. The lowest BCUT2D eigenvalue weighted by Crippen LogP contribution is -2.13. The lowest BCUT2D eigenvalue weighted by molar-refractivity contribution is -0.137. The molecule has 0 spiro atoms. The topological polar surface area (TPSA) is 69.0 Å². The minimum absolute atomic E-state index is 0.177. The van der Waals surface area contributed by atoms with Gasteiger partial charge < -0.3 is 14.6 Å². The molecule has 0 unspecified atom stereocenters. The lowest BCUT2D eigenvalue weighted by atomic mass is 10.1. The number of rotatable bonds is 6. The van der Waals surface area contributed by atoms with Gasteiger partial charge in [0.25, 0.3) is 5.91 Å². The molecule has 0 aliphatic rings. The zero-order valence-corrected chi connectivity index (χ0v) is 15.4. The number of aromatic nitrogens is 3. The minimum atomic E-state index is -4.40. The molecule has 0 aliphatic heterocycles. The Labute approximate surface area is 164 Å². The molecule has 0 saturated heterocycles. The van der Waals surface area contributed by atoms with Gasteiger partial charge in [0.05, 0.1) is 24.6 Å². The van der Waals surface area contributed by atoms with Gasteiger partial charge in [0, 0.05) is 18.9 Å². The van der Waals surface area contributed by atoms with Crippen LogP contribution in [0.3, 0.4) is 0 Å². The molecule has 1 aromatic carbocycles. The second kappa shape index (κ2) is 8.17. The van der Waals surface area contributed by atoms with Gasteiger partial charge in [0.15, 0.2) is 5.82 Å². The quantitative estimate of drug-likeness (QED) is 0.669. The van der Waals surface area contributed by atoms with E-state index in [4.69, 9.17) is 4.74 Å². The van der Waals surface area contributed by atoms with E-state index in [0.717, 1.165) is 12.1 Å². The second-order valence-electron chi connectivity index (χ2n) is 6.10. The van der Waals surface area contributed by atoms with Crippen molar-refractivity contribution in [3.05, 3.63) is 78.0 Å². The standard InChI is InChI=1S/C20H17F3N4O2/c1-3-16-17(29-2)8-14(9-24-16)19(28)26-18-11-27(12-25-18)10-13-5-4-6-15(7-13)20(21,22)23/h3-9,11-12H,1,10H2,2H3,(H,26,28). The number of carbonyl (C=O) groups is 1. The first-order chi connectivity index (χ1) is 13.8. The largest absolute Gasteiger partial charge is 0.494 e. The third kappa shape index (κ3) is 4.81. The summed E-state index contributed by atoms with van der Waals surface area (Å²) >= 11 is 0. The summed E-state index contributed by atoms with van der Waals surface area (Å²) in [6, 6.07) is 6.57. The molecule has 2 heterocycles. The van der Waals surface area contributed by atoms with Gasteiger partial charge in [0.2, 0.25) is 0 Å². The summed E-state index contributed by atoms with van der Waals surface area (Å²) in [6.45, 7) is 3.80. The number of amides is 1. The van der Waals surface area contributed by atoms with Gasteiger partial charge in [0.1, 0.15) is 11.4 Å². The van der Waals surface area contributed by atoms with Crippen LogP contribution in [0.5, 0.6) is 5.75 Å². The van der Waals surface area contributed by atoms with Crippen molar-refractivity contribution in [2.45, 2.75) is 12.7 Å². The van der Waals surface area contributed by atoms with E-state index in [1.54, 1.807) is 10.6 Å². The maximum absolute atomic E-state index is 12.8. The molecule has 0 aliphatic carbocycles. The molecule has 0 bridgehead atoms. The molecule has 29 heavy (non-hydrogen) atoms. The molecule has 0 fully saturated rings. The molecule has 0 saturated carbocycles. The van der Waals surface area contributed by atoms with Crippen LogP contribution in [0, 0.1) is 0 Å². The van der Waals surface area contributed by atoms with Gasteiger partial charge >= 0.3 is 6.18 Å². The molecular formula is C20H17F3N4O2. The fourth-order valence-corrected chi connectivity index (χ4v) is 2.65. The maximum Gasteiger partial charge on any atom is 0.416 e. The summed E-state index contributed by atoms with van der Waals surface area (Å²) in [5.41, 5.74) is 0.520. The molecular weight excluding hydrogens is 385 g/mol. The Morgan fingerprint density at radius 3 is 2.79 bits per heavy atom. The van der Waals surface area contributed by atoms with Crippen LogP contribution in [0.4, 0.5) is 19.0 Å². The van der Waals surface area contributed by atoms with Crippen LogP contribution in [0.2, 0.25) is 0 Å². The fraction of sp³-hybridized carbons (Fsp3) is 0.150. The third-order valence-corrected chi connectivity index (χ3v) is 4.05. The van der Waals surface area contributed by atoms with Crippen LogP contribution in [0.25, 0.3) is 6.08 Å². The van der Waals surface area contributed by atoms with Crippen LogP contribution in [-0.2, 0) is 12.7 Å². The van der Waals surface area contributed by atoms with Crippen LogP contribution >= 0.6 is 0 Å². The molecule has 6 nitrogen and oxygen atoms in total. The summed E-state index contributed by atoms with van der Waals surface area (Å²) in [7, 11) is 1.46. The maximum atomic E-state index is 12.8. The summed E-state index contributed by atoms with van der Waals surface area (Å²) in [5, 5.41) is 2.62. The van der Waals surface area contributed by atoms with Gasteiger partial charge in [-0.2, -0.15) is 13.2 Å². The van der Waals surface area contributed by atoms with E-state index in [0.29, 0.717) is 17.0 Å².